The van der Waals surface area contributed by atoms with Gasteiger partial charge in [-0.15, -0.1) is 0 Å². The number of ether oxygens (including phenoxy) is 2. The van der Waals surface area contributed by atoms with E-state index in [0.717, 1.165) is 0 Å². The summed E-state index contributed by atoms with van der Waals surface area (Å²) >= 11 is 0. The molecule has 112 valence electrons. The van der Waals surface area contributed by atoms with Gasteiger partial charge in [0.25, 0.3) is 5.69 Å². The van der Waals surface area contributed by atoms with E-state index in [1.807, 2.05) is 0 Å². The van der Waals surface area contributed by atoms with Gasteiger partial charge in [-0.2, -0.15) is 0 Å². The number of non-ortho nitro benzene ring substituents is 1. The zero-order valence-electron chi connectivity index (χ0n) is 11.5. The van der Waals surface area contributed by atoms with Gasteiger partial charge in [-0.3, -0.25) is 10.1 Å². The third-order valence-electron chi connectivity index (χ3n) is 2.80. The summed E-state index contributed by atoms with van der Waals surface area (Å²) in [5, 5.41) is 10.5. The molecule has 0 aliphatic heterocycles. The van der Waals surface area contributed by atoms with Gasteiger partial charge >= 0.3 is 11.9 Å². The second-order valence-corrected chi connectivity index (χ2v) is 4.21. The highest BCUT2D eigenvalue weighted by molar-refractivity contribution is 5.92. The van der Waals surface area contributed by atoms with Gasteiger partial charge in [0.1, 0.15) is 5.75 Å². The van der Waals surface area contributed by atoms with Crippen molar-refractivity contribution >= 4 is 17.6 Å². The van der Waals surface area contributed by atoms with Gasteiger partial charge in [-0.05, 0) is 36.4 Å². The SMILES string of the molecule is COC(=O)c1ccc(OC(=O)c2ccc([N+](=O)[O-])cc2)cc1. The normalized spacial score (nSPS) is 9.86. The number of nitro groups is 1. The van der Waals surface area contributed by atoms with Crippen LogP contribution in [0.3, 0.4) is 0 Å². The molecule has 0 N–H and O–H groups in total. The summed E-state index contributed by atoms with van der Waals surface area (Å²) in [5.74, 6) is -0.898. The first-order chi connectivity index (χ1) is 10.5. The summed E-state index contributed by atoms with van der Waals surface area (Å²) in [6.07, 6.45) is 0. The van der Waals surface area contributed by atoms with Crippen LogP contribution in [0, 0.1) is 10.1 Å². The van der Waals surface area contributed by atoms with Crippen molar-refractivity contribution in [3.63, 3.8) is 0 Å². The molecule has 0 heterocycles. The van der Waals surface area contributed by atoms with Gasteiger partial charge in [-0.1, -0.05) is 0 Å². The second kappa shape index (κ2) is 6.49. The molecule has 7 nitrogen and oxygen atoms in total. The predicted octanol–water partition coefficient (Wildman–Crippen LogP) is 2.60. The molecule has 0 saturated carbocycles. The number of hydrogen-bond acceptors (Lipinski definition) is 6. The largest absolute Gasteiger partial charge is 0.465 e. The van der Waals surface area contributed by atoms with E-state index in [1.165, 1.54) is 55.6 Å². The maximum Gasteiger partial charge on any atom is 0.343 e. The Hall–Kier alpha value is -3.22. The first kappa shape index (κ1) is 15.2. The molecular formula is C15H11NO6. The number of nitro benzene ring substituents is 1. The highest BCUT2D eigenvalue weighted by Crippen LogP contribution is 2.17. The molecule has 0 radical (unpaired) electrons. The Morgan fingerprint density at radius 3 is 1.91 bits per heavy atom. The van der Waals surface area contributed by atoms with Crippen LogP contribution in [-0.2, 0) is 4.74 Å². The number of rotatable bonds is 4. The molecule has 0 aliphatic rings. The summed E-state index contributed by atoms with van der Waals surface area (Å²) in [4.78, 5) is 33.1. The quantitative estimate of drug-likeness (QED) is 0.373. The zero-order valence-corrected chi connectivity index (χ0v) is 11.5. The van der Waals surface area contributed by atoms with Gasteiger partial charge in [-0.25, -0.2) is 9.59 Å². The van der Waals surface area contributed by atoms with Crippen LogP contribution in [0.4, 0.5) is 5.69 Å². The smallest absolute Gasteiger partial charge is 0.343 e. The molecule has 0 spiro atoms. The lowest BCUT2D eigenvalue weighted by Crippen LogP contribution is -2.08. The topological polar surface area (TPSA) is 95.7 Å². The van der Waals surface area contributed by atoms with Crippen LogP contribution in [0.1, 0.15) is 20.7 Å². The monoisotopic (exact) mass is 301 g/mol. The zero-order chi connectivity index (χ0) is 16.1. The van der Waals surface area contributed by atoms with Crippen LogP contribution in [0.25, 0.3) is 0 Å². The van der Waals surface area contributed by atoms with E-state index < -0.39 is 16.9 Å². The van der Waals surface area contributed by atoms with E-state index in [0.29, 0.717) is 5.56 Å². The Labute approximate surface area is 125 Å². The van der Waals surface area contributed by atoms with Crippen molar-refractivity contribution in [2.75, 3.05) is 7.11 Å². The van der Waals surface area contributed by atoms with Crippen molar-refractivity contribution < 1.29 is 24.0 Å². The van der Waals surface area contributed by atoms with Crippen LogP contribution in [-0.4, -0.2) is 24.0 Å². The molecule has 0 amide bonds. The number of hydrogen-bond donors (Lipinski definition) is 0. The molecule has 0 bridgehead atoms. The average molecular weight is 301 g/mol. The molecule has 7 heteroatoms. The first-order valence-corrected chi connectivity index (χ1v) is 6.16. The van der Waals surface area contributed by atoms with E-state index in [-0.39, 0.29) is 17.0 Å². The fourth-order valence-electron chi connectivity index (χ4n) is 1.66. The maximum atomic E-state index is 11.9. The Bertz CT molecular complexity index is 706. The summed E-state index contributed by atoms with van der Waals surface area (Å²) in [6.45, 7) is 0. The van der Waals surface area contributed by atoms with Crippen molar-refractivity contribution in [3.8, 4) is 5.75 Å². The molecule has 0 saturated heterocycles. The highest BCUT2D eigenvalue weighted by Gasteiger charge is 2.12. The maximum absolute atomic E-state index is 11.9. The van der Waals surface area contributed by atoms with E-state index >= 15 is 0 Å². The van der Waals surface area contributed by atoms with Gasteiger partial charge in [0.15, 0.2) is 0 Å². The van der Waals surface area contributed by atoms with E-state index in [1.54, 1.807) is 0 Å². The van der Waals surface area contributed by atoms with Crippen molar-refractivity contribution in [1.82, 2.24) is 0 Å². The molecule has 0 aromatic heterocycles. The lowest BCUT2D eigenvalue weighted by molar-refractivity contribution is -0.384. The molecule has 0 atom stereocenters. The van der Waals surface area contributed by atoms with Crippen LogP contribution >= 0.6 is 0 Å². The molecule has 0 aliphatic carbocycles. The number of esters is 2. The lowest BCUT2D eigenvalue weighted by Gasteiger charge is -2.05. The third-order valence-corrected chi connectivity index (χ3v) is 2.80. The number of carbonyl (C=O) groups excluding carboxylic acids is 2. The Morgan fingerprint density at radius 2 is 1.41 bits per heavy atom. The minimum Gasteiger partial charge on any atom is -0.465 e. The Kier molecular flexibility index (Phi) is 4.47. The molecule has 2 aromatic carbocycles. The Balaban J connectivity index is 2.08. The fourth-order valence-corrected chi connectivity index (χ4v) is 1.66. The van der Waals surface area contributed by atoms with E-state index in [4.69, 9.17) is 4.74 Å². The Morgan fingerprint density at radius 1 is 0.909 bits per heavy atom. The number of methoxy groups -OCH3 is 1. The van der Waals surface area contributed by atoms with Crippen molar-refractivity contribution in [1.29, 1.82) is 0 Å². The molecule has 2 rings (SSSR count). The molecule has 0 fully saturated rings. The van der Waals surface area contributed by atoms with Crippen molar-refractivity contribution in [3.05, 3.63) is 69.8 Å². The van der Waals surface area contributed by atoms with Crippen LogP contribution in [0.15, 0.2) is 48.5 Å². The summed E-state index contributed by atoms with van der Waals surface area (Å²) < 4.78 is 9.66. The number of carbonyl (C=O) groups is 2. The van der Waals surface area contributed by atoms with Crippen molar-refractivity contribution in [2.45, 2.75) is 0 Å². The summed E-state index contributed by atoms with van der Waals surface area (Å²) in [7, 11) is 1.27. The van der Waals surface area contributed by atoms with Gasteiger partial charge in [0.05, 0.1) is 23.2 Å². The molecule has 22 heavy (non-hydrogen) atoms. The number of nitrogens with zero attached hydrogens (tertiary/aromatic N) is 1. The number of benzene rings is 2. The van der Waals surface area contributed by atoms with Crippen LogP contribution < -0.4 is 4.74 Å². The average Bonchev–Trinajstić information content (AvgIpc) is 2.54. The van der Waals surface area contributed by atoms with Crippen molar-refractivity contribution in [2.24, 2.45) is 0 Å². The highest BCUT2D eigenvalue weighted by atomic mass is 16.6. The fraction of sp³-hybridized carbons (Fsp3) is 0.0667. The summed E-state index contributed by atoms with van der Waals surface area (Å²) in [6, 6.07) is 10.9. The van der Waals surface area contributed by atoms with Gasteiger partial charge in [0.2, 0.25) is 0 Å². The standard InChI is InChI=1S/C15H11NO6/c1-21-14(17)10-4-8-13(9-5-10)22-15(18)11-2-6-12(7-3-11)16(19)20/h2-9H,1H3. The van der Waals surface area contributed by atoms with Gasteiger partial charge < -0.3 is 9.47 Å². The van der Waals surface area contributed by atoms with Crippen LogP contribution in [0.5, 0.6) is 5.75 Å². The summed E-state index contributed by atoms with van der Waals surface area (Å²) in [5.41, 5.74) is 0.402. The molecule has 0 unspecified atom stereocenters. The first-order valence-electron chi connectivity index (χ1n) is 6.16. The lowest BCUT2D eigenvalue weighted by atomic mass is 10.2. The minimum atomic E-state index is -0.652. The molecular weight excluding hydrogens is 290 g/mol. The molecule has 2 aromatic rings. The van der Waals surface area contributed by atoms with E-state index in [9.17, 15) is 19.7 Å². The van der Waals surface area contributed by atoms with Gasteiger partial charge in [0, 0.05) is 12.1 Å². The minimum absolute atomic E-state index is 0.112. The predicted molar refractivity (Wildman–Crippen MR) is 75.8 cm³/mol. The van der Waals surface area contributed by atoms with Crippen LogP contribution in [0.2, 0.25) is 0 Å². The third kappa shape index (κ3) is 3.45. The second-order valence-electron chi connectivity index (χ2n) is 4.21. The van der Waals surface area contributed by atoms with E-state index in [2.05, 4.69) is 4.74 Å².